The second-order valence-electron chi connectivity index (χ2n) is 7.00. The second-order valence-corrected chi connectivity index (χ2v) is 7.00. The number of nitro benzene ring substituents is 1. The first kappa shape index (κ1) is 19.5. The maximum absolute atomic E-state index is 12.2. The van der Waals surface area contributed by atoms with E-state index in [0.29, 0.717) is 12.2 Å². The van der Waals surface area contributed by atoms with Gasteiger partial charge in [-0.2, -0.15) is 0 Å². The number of unbranched alkanes of at least 4 members (excludes halogenated alkanes) is 1. The summed E-state index contributed by atoms with van der Waals surface area (Å²) in [5.41, 5.74) is 1.77. The van der Waals surface area contributed by atoms with Gasteiger partial charge in [0.2, 0.25) is 11.8 Å². The van der Waals surface area contributed by atoms with E-state index in [1.807, 2.05) is 18.2 Å². The van der Waals surface area contributed by atoms with Gasteiger partial charge in [0.1, 0.15) is 5.69 Å². The lowest BCUT2D eigenvalue weighted by Crippen LogP contribution is -2.30. The molecular weight excluding hydrogens is 358 g/mol. The molecule has 1 N–H and O–H groups in total. The molecule has 1 aliphatic rings. The van der Waals surface area contributed by atoms with Crippen LogP contribution in [0.2, 0.25) is 0 Å². The minimum Gasteiger partial charge on any atom is -0.379 e. The number of aryl methyl sites for hydroxylation is 1. The summed E-state index contributed by atoms with van der Waals surface area (Å²) >= 11 is 0. The van der Waals surface area contributed by atoms with Gasteiger partial charge in [0, 0.05) is 24.9 Å². The standard InChI is InChI=1S/C21H23N3O4/c1-15-13-20(25)23(21(15)26)17-10-11-18(19(14-17)24(27)28)22-12-6-5-9-16-7-3-2-4-8-16/h2-4,7-8,10-11,14-15,22H,5-6,9,12-13H2,1H3/t15-/m0/s1. The van der Waals surface area contributed by atoms with Crippen LogP contribution in [0.25, 0.3) is 0 Å². The van der Waals surface area contributed by atoms with Crippen molar-refractivity contribution in [2.45, 2.75) is 32.6 Å². The van der Waals surface area contributed by atoms with Crippen molar-refractivity contribution in [3.8, 4) is 0 Å². The van der Waals surface area contributed by atoms with E-state index in [-0.39, 0.29) is 29.6 Å². The number of hydrogen-bond acceptors (Lipinski definition) is 5. The number of anilines is 2. The van der Waals surface area contributed by atoms with Crippen LogP contribution in [0, 0.1) is 16.0 Å². The zero-order valence-electron chi connectivity index (χ0n) is 15.8. The van der Waals surface area contributed by atoms with Crippen molar-refractivity contribution in [3.05, 3.63) is 64.2 Å². The van der Waals surface area contributed by atoms with Crippen LogP contribution in [0.5, 0.6) is 0 Å². The summed E-state index contributed by atoms with van der Waals surface area (Å²) in [5, 5.41) is 14.6. The van der Waals surface area contributed by atoms with Gasteiger partial charge in [-0.3, -0.25) is 24.6 Å². The Morgan fingerprint density at radius 1 is 1.14 bits per heavy atom. The lowest BCUT2D eigenvalue weighted by Gasteiger charge is -2.15. The summed E-state index contributed by atoms with van der Waals surface area (Å²) in [7, 11) is 0. The SMILES string of the molecule is C[C@H]1CC(=O)N(c2ccc(NCCCCc3ccccc3)c([N+](=O)[O-])c2)C1=O. The number of imide groups is 1. The molecule has 1 saturated heterocycles. The number of nitrogens with one attached hydrogen (secondary N) is 1. The Morgan fingerprint density at radius 2 is 1.89 bits per heavy atom. The van der Waals surface area contributed by atoms with Crippen LogP contribution in [-0.4, -0.2) is 23.3 Å². The number of amides is 2. The Hall–Kier alpha value is -3.22. The molecule has 3 rings (SSSR count). The normalized spacial score (nSPS) is 16.5. The fourth-order valence-electron chi connectivity index (χ4n) is 3.34. The van der Waals surface area contributed by atoms with Crippen molar-refractivity contribution in [1.82, 2.24) is 0 Å². The van der Waals surface area contributed by atoms with Crippen LogP contribution in [0.1, 0.15) is 31.7 Å². The Kier molecular flexibility index (Phi) is 6.03. The number of nitrogens with zero attached hydrogens (tertiary/aromatic N) is 2. The van der Waals surface area contributed by atoms with Gasteiger partial charge in [0.05, 0.1) is 10.6 Å². The molecule has 0 aliphatic carbocycles. The van der Waals surface area contributed by atoms with E-state index in [9.17, 15) is 19.7 Å². The highest BCUT2D eigenvalue weighted by Crippen LogP contribution is 2.33. The molecule has 0 saturated carbocycles. The second kappa shape index (κ2) is 8.65. The summed E-state index contributed by atoms with van der Waals surface area (Å²) in [6, 6.07) is 14.6. The van der Waals surface area contributed by atoms with Crippen molar-refractivity contribution in [2.24, 2.45) is 5.92 Å². The van der Waals surface area contributed by atoms with Gasteiger partial charge >= 0.3 is 0 Å². The van der Waals surface area contributed by atoms with Gasteiger partial charge in [-0.25, -0.2) is 0 Å². The predicted molar refractivity (Wildman–Crippen MR) is 107 cm³/mol. The summed E-state index contributed by atoms with van der Waals surface area (Å²) in [4.78, 5) is 36.2. The van der Waals surface area contributed by atoms with E-state index < -0.39 is 10.8 Å². The molecule has 7 heteroatoms. The van der Waals surface area contributed by atoms with E-state index in [0.717, 1.165) is 24.2 Å². The van der Waals surface area contributed by atoms with Crippen LogP contribution in [0.4, 0.5) is 17.1 Å². The molecule has 0 radical (unpaired) electrons. The smallest absolute Gasteiger partial charge is 0.294 e. The molecule has 28 heavy (non-hydrogen) atoms. The fourth-order valence-corrected chi connectivity index (χ4v) is 3.34. The third kappa shape index (κ3) is 4.36. The average molecular weight is 381 g/mol. The van der Waals surface area contributed by atoms with Crippen LogP contribution in [-0.2, 0) is 16.0 Å². The highest BCUT2D eigenvalue weighted by Gasteiger charge is 2.37. The summed E-state index contributed by atoms with van der Waals surface area (Å²) in [6.45, 7) is 2.28. The molecule has 0 bridgehead atoms. The quantitative estimate of drug-likeness (QED) is 0.324. The van der Waals surface area contributed by atoms with E-state index in [2.05, 4.69) is 17.4 Å². The predicted octanol–water partition coefficient (Wildman–Crippen LogP) is 3.93. The number of hydrogen-bond donors (Lipinski definition) is 1. The molecule has 1 aliphatic heterocycles. The number of rotatable bonds is 8. The minimum absolute atomic E-state index is 0.133. The number of nitro groups is 1. The molecule has 2 amide bonds. The molecular formula is C21H23N3O4. The third-order valence-electron chi connectivity index (χ3n) is 4.86. The monoisotopic (exact) mass is 381 g/mol. The van der Waals surface area contributed by atoms with Crippen molar-refractivity contribution in [3.63, 3.8) is 0 Å². The minimum atomic E-state index is -0.496. The van der Waals surface area contributed by atoms with E-state index in [4.69, 9.17) is 0 Å². The fraction of sp³-hybridized carbons (Fsp3) is 0.333. The van der Waals surface area contributed by atoms with Gasteiger partial charge in [-0.1, -0.05) is 37.3 Å². The zero-order valence-corrected chi connectivity index (χ0v) is 15.8. The molecule has 0 aromatic heterocycles. The summed E-state index contributed by atoms with van der Waals surface area (Å²) in [6.07, 6.45) is 2.93. The molecule has 1 atom stereocenters. The topological polar surface area (TPSA) is 92.6 Å². The van der Waals surface area contributed by atoms with Crippen molar-refractivity contribution >= 4 is 28.9 Å². The number of carbonyl (C=O) groups is 2. The van der Waals surface area contributed by atoms with Gasteiger partial charge in [0.15, 0.2) is 0 Å². The Bertz CT molecular complexity index is 882. The van der Waals surface area contributed by atoms with Crippen LogP contribution < -0.4 is 10.2 Å². The molecule has 146 valence electrons. The Morgan fingerprint density at radius 3 is 2.54 bits per heavy atom. The van der Waals surface area contributed by atoms with E-state index >= 15 is 0 Å². The highest BCUT2D eigenvalue weighted by atomic mass is 16.6. The molecule has 0 unspecified atom stereocenters. The first-order chi connectivity index (χ1) is 13.5. The maximum Gasteiger partial charge on any atom is 0.294 e. The summed E-state index contributed by atoms with van der Waals surface area (Å²) in [5.74, 6) is -1.04. The number of benzene rings is 2. The van der Waals surface area contributed by atoms with E-state index in [1.54, 1.807) is 19.1 Å². The number of carbonyl (C=O) groups excluding carboxylic acids is 2. The van der Waals surface area contributed by atoms with Crippen molar-refractivity contribution in [2.75, 3.05) is 16.8 Å². The van der Waals surface area contributed by atoms with Crippen LogP contribution in [0.3, 0.4) is 0 Å². The van der Waals surface area contributed by atoms with Gasteiger partial charge in [0.25, 0.3) is 5.69 Å². The largest absolute Gasteiger partial charge is 0.379 e. The lowest BCUT2D eigenvalue weighted by atomic mass is 10.1. The molecule has 1 heterocycles. The van der Waals surface area contributed by atoms with Crippen LogP contribution >= 0.6 is 0 Å². The first-order valence-electron chi connectivity index (χ1n) is 9.40. The Balaban J connectivity index is 1.62. The first-order valence-corrected chi connectivity index (χ1v) is 9.40. The zero-order chi connectivity index (χ0) is 20.1. The van der Waals surface area contributed by atoms with Gasteiger partial charge in [-0.05, 0) is 37.0 Å². The molecule has 2 aromatic rings. The van der Waals surface area contributed by atoms with Gasteiger partial charge < -0.3 is 5.32 Å². The van der Waals surface area contributed by atoms with Gasteiger partial charge in [-0.15, -0.1) is 0 Å². The van der Waals surface area contributed by atoms with E-state index in [1.165, 1.54) is 11.6 Å². The van der Waals surface area contributed by atoms with Crippen molar-refractivity contribution < 1.29 is 14.5 Å². The molecule has 0 spiro atoms. The molecule has 2 aromatic carbocycles. The lowest BCUT2D eigenvalue weighted by molar-refractivity contribution is -0.383. The maximum atomic E-state index is 12.2. The van der Waals surface area contributed by atoms with Crippen LogP contribution in [0.15, 0.2) is 48.5 Å². The highest BCUT2D eigenvalue weighted by molar-refractivity contribution is 6.21. The van der Waals surface area contributed by atoms with Crippen molar-refractivity contribution in [1.29, 1.82) is 0 Å². The molecule has 7 nitrogen and oxygen atoms in total. The average Bonchev–Trinajstić information content (AvgIpc) is 2.94. The summed E-state index contributed by atoms with van der Waals surface area (Å²) < 4.78 is 0. The molecule has 1 fully saturated rings. The Labute approximate surface area is 163 Å². The third-order valence-corrected chi connectivity index (χ3v) is 4.86.